The summed E-state index contributed by atoms with van der Waals surface area (Å²) < 4.78 is 16.9. The van der Waals surface area contributed by atoms with Crippen molar-refractivity contribution in [2.24, 2.45) is 5.92 Å². The standard InChI is InChI=1S/C59H114O6/c1-5-7-9-11-13-15-16-17-18-19-20-21-25-28-31-35-39-43-47-51-58(61)64-54-56(53-63-57(60)50-46-42-38-33-14-12-10-8-6-2)65-59(62)52-48-44-40-36-32-29-26-23-22-24-27-30-34-37-41-45-49-55(3)4/h55-56H,5-54H2,1-4H3/t56-/m1/s1. The molecule has 0 fully saturated rings. The number of hydrogen-bond acceptors (Lipinski definition) is 6. The van der Waals surface area contributed by atoms with Crippen molar-refractivity contribution in [2.45, 2.75) is 342 Å². The second kappa shape index (κ2) is 53.4. The van der Waals surface area contributed by atoms with Crippen LogP contribution in [0.1, 0.15) is 336 Å². The van der Waals surface area contributed by atoms with Crippen LogP contribution in [0.2, 0.25) is 0 Å². The van der Waals surface area contributed by atoms with E-state index in [4.69, 9.17) is 14.2 Å². The lowest BCUT2D eigenvalue weighted by Crippen LogP contribution is -2.30. The average Bonchev–Trinajstić information content (AvgIpc) is 3.29. The highest BCUT2D eigenvalue weighted by atomic mass is 16.6. The van der Waals surface area contributed by atoms with Gasteiger partial charge in [0.05, 0.1) is 0 Å². The molecular formula is C59H114O6. The molecule has 0 saturated heterocycles. The zero-order valence-electron chi connectivity index (χ0n) is 44.5. The van der Waals surface area contributed by atoms with Crippen molar-refractivity contribution in [3.63, 3.8) is 0 Å². The Bertz CT molecular complexity index is 980. The molecule has 65 heavy (non-hydrogen) atoms. The van der Waals surface area contributed by atoms with Crippen LogP contribution < -0.4 is 0 Å². The predicted molar refractivity (Wildman–Crippen MR) is 280 cm³/mol. The Hall–Kier alpha value is -1.59. The van der Waals surface area contributed by atoms with Crippen LogP contribution >= 0.6 is 0 Å². The molecule has 0 unspecified atom stereocenters. The molecule has 1 atom stereocenters. The summed E-state index contributed by atoms with van der Waals surface area (Å²) in [5.74, 6) is 0.0138. The van der Waals surface area contributed by atoms with Crippen LogP contribution in [0.4, 0.5) is 0 Å². The van der Waals surface area contributed by atoms with Crippen LogP contribution in [0, 0.1) is 5.92 Å². The Labute approximate surface area is 406 Å². The lowest BCUT2D eigenvalue weighted by molar-refractivity contribution is -0.167. The van der Waals surface area contributed by atoms with Crippen molar-refractivity contribution in [1.82, 2.24) is 0 Å². The van der Waals surface area contributed by atoms with Crippen LogP contribution in [-0.4, -0.2) is 37.2 Å². The number of hydrogen-bond donors (Lipinski definition) is 0. The van der Waals surface area contributed by atoms with Gasteiger partial charge in [-0.25, -0.2) is 0 Å². The Kier molecular flexibility index (Phi) is 52.1. The van der Waals surface area contributed by atoms with E-state index >= 15 is 0 Å². The number of esters is 3. The first-order valence-corrected chi connectivity index (χ1v) is 29.4. The van der Waals surface area contributed by atoms with Crippen molar-refractivity contribution in [2.75, 3.05) is 13.2 Å². The van der Waals surface area contributed by atoms with Gasteiger partial charge in [0.2, 0.25) is 0 Å². The normalized spacial score (nSPS) is 12.0. The molecule has 6 nitrogen and oxygen atoms in total. The van der Waals surface area contributed by atoms with Gasteiger partial charge in [-0.05, 0) is 25.2 Å². The zero-order chi connectivity index (χ0) is 47.4. The number of rotatable bonds is 54. The van der Waals surface area contributed by atoms with Gasteiger partial charge in [0, 0.05) is 19.3 Å². The van der Waals surface area contributed by atoms with E-state index in [0.29, 0.717) is 19.3 Å². The highest BCUT2D eigenvalue weighted by molar-refractivity contribution is 5.71. The second-order valence-electron chi connectivity index (χ2n) is 20.8. The molecule has 386 valence electrons. The smallest absolute Gasteiger partial charge is 0.306 e. The molecule has 0 radical (unpaired) electrons. The predicted octanol–water partition coefficient (Wildman–Crippen LogP) is 19.4. The highest BCUT2D eigenvalue weighted by Gasteiger charge is 2.19. The first-order chi connectivity index (χ1) is 31.9. The molecule has 0 aromatic rings. The summed E-state index contributed by atoms with van der Waals surface area (Å²) in [5.41, 5.74) is 0. The minimum absolute atomic E-state index is 0.0619. The van der Waals surface area contributed by atoms with Crippen LogP contribution in [-0.2, 0) is 28.6 Å². The number of unbranched alkanes of at least 4 members (excludes halogenated alkanes) is 41. The second-order valence-corrected chi connectivity index (χ2v) is 20.8. The van der Waals surface area contributed by atoms with Gasteiger partial charge in [0.1, 0.15) is 13.2 Å². The van der Waals surface area contributed by atoms with E-state index in [1.807, 2.05) is 0 Å². The van der Waals surface area contributed by atoms with Crippen LogP contribution in [0.5, 0.6) is 0 Å². The van der Waals surface area contributed by atoms with Crippen molar-refractivity contribution in [3.05, 3.63) is 0 Å². The minimum Gasteiger partial charge on any atom is -0.462 e. The molecule has 0 aliphatic heterocycles. The zero-order valence-corrected chi connectivity index (χ0v) is 44.5. The van der Waals surface area contributed by atoms with Crippen molar-refractivity contribution in [3.8, 4) is 0 Å². The molecular weight excluding hydrogens is 805 g/mol. The van der Waals surface area contributed by atoms with Gasteiger partial charge in [0.25, 0.3) is 0 Å². The van der Waals surface area contributed by atoms with E-state index in [2.05, 4.69) is 27.7 Å². The molecule has 0 spiro atoms. The van der Waals surface area contributed by atoms with E-state index in [9.17, 15) is 14.4 Å². The molecule has 0 aliphatic carbocycles. The summed E-state index contributed by atoms with van der Waals surface area (Å²) in [6.45, 7) is 9.06. The lowest BCUT2D eigenvalue weighted by atomic mass is 10.0. The minimum atomic E-state index is -0.761. The quantitative estimate of drug-likeness (QED) is 0.0344. The molecule has 0 bridgehead atoms. The molecule has 0 aromatic heterocycles. The van der Waals surface area contributed by atoms with Gasteiger partial charge < -0.3 is 14.2 Å². The monoisotopic (exact) mass is 919 g/mol. The van der Waals surface area contributed by atoms with Gasteiger partial charge in [-0.3, -0.25) is 14.4 Å². The molecule has 6 heteroatoms. The van der Waals surface area contributed by atoms with Crippen LogP contribution in [0.15, 0.2) is 0 Å². The lowest BCUT2D eigenvalue weighted by Gasteiger charge is -2.18. The van der Waals surface area contributed by atoms with E-state index in [1.54, 1.807) is 0 Å². The van der Waals surface area contributed by atoms with E-state index < -0.39 is 6.10 Å². The maximum Gasteiger partial charge on any atom is 0.306 e. The molecule has 0 heterocycles. The third-order valence-corrected chi connectivity index (χ3v) is 13.5. The maximum atomic E-state index is 12.8. The Balaban J connectivity index is 4.19. The summed E-state index contributed by atoms with van der Waals surface area (Å²) in [5, 5.41) is 0. The van der Waals surface area contributed by atoms with E-state index in [-0.39, 0.29) is 31.1 Å². The molecule has 0 aromatic carbocycles. The van der Waals surface area contributed by atoms with Crippen molar-refractivity contribution in [1.29, 1.82) is 0 Å². The fourth-order valence-electron chi connectivity index (χ4n) is 9.10. The van der Waals surface area contributed by atoms with Gasteiger partial charge in [-0.1, -0.05) is 297 Å². The Morgan fingerprint density at radius 3 is 0.754 bits per heavy atom. The summed E-state index contributed by atoms with van der Waals surface area (Å²) in [4.78, 5) is 38.0. The summed E-state index contributed by atoms with van der Waals surface area (Å²) in [6.07, 6.45) is 58.2. The summed E-state index contributed by atoms with van der Waals surface area (Å²) >= 11 is 0. The Morgan fingerprint density at radius 1 is 0.292 bits per heavy atom. The number of ether oxygens (including phenoxy) is 3. The van der Waals surface area contributed by atoms with Crippen molar-refractivity contribution >= 4 is 17.9 Å². The van der Waals surface area contributed by atoms with Crippen LogP contribution in [0.3, 0.4) is 0 Å². The number of carbonyl (C=O) groups is 3. The van der Waals surface area contributed by atoms with Gasteiger partial charge in [0.15, 0.2) is 6.10 Å². The first kappa shape index (κ1) is 63.4. The van der Waals surface area contributed by atoms with E-state index in [0.717, 1.165) is 63.7 Å². The topological polar surface area (TPSA) is 78.9 Å². The first-order valence-electron chi connectivity index (χ1n) is 29.4. The van der Waals surface area contributed by atoms with Gasteiger partial charge in [-0.2, -0.15) is 0 Å². The molecule has 0 N–H and O–H groups in total. The third kappa shape index (κ3) is 53.2. The number of carbonyl (C=O) groups excluding carboxylic acids is 3. The summed E-state index contributed by atoms with van der Waals surface area (Å²) in [6, 6.07) is 0. The van der Waals surface area contributed by atoms with Crippen molar-refractivity contribution < 1.29 is 28.6 Å². The van der Waals surface area contributed by atoms with Gasteiger partial charge in [-0.15, -0.1) is 0 Å². The summed E-state index contributed by atoms with van der Waals surface area (Å²) in [7, 11) is 0. The van der Waals surface area contributed by atoms with Crippen LogP contribution in [0.25, 0.3) is 0 Å². The fraction of sp³-hybridized carbons (Fsp3) is 0.949. The molecule has 0 amide bonds. The molecule has 0 aliphatic rings. The van der Waals surface area contributed by atoms with E-state index in [1.165, 1.54) is 231 Å². The fourth-order valence-corrected chi connectivity index (χ4v) is 9.10. The Morgan fingerprint density at radius 2 is 0.508 bits per heavy atom. The third-order valence-electron chi connectivity index (χ3n) is 13.5. The van der Waals surface area contributed by atoms with Gasteiger partial charge >= 0.3 is 17.9 Å². The molecule has 0 saturated carbocycles. The largest absolute Gasteiger partial charge is 0.462 e. The highest BCUT2D eigenvalue weighted by Crippen LogP contribution is 2.18. The maximum absolute atomic E-state index is 12.8. The average molecular weight is 920 g/mol. The molecule has 0 rings (SSSR count). The SMILES string of the molecule is CCCCCCCCCCCCCCCCCCCCCC(=O)OC[C@@H](COC(=O)CCCCCCCCCCC)OC(=O)CCCCCCCCCCCCCCCCCCC(C)C.